The second-order valence-corrected chi connectivity index (χ2v) is 7.74. The van der Waals surface area contributed by atoms with Gasteiger partial charge in [-0.15, -0.1) is 0 Å². The van der Waals surface area contributed by atoms with Gasteiger partial charge in [0.25, 0.3) is 0 Å². The van der Waals surface area contributed by atoms with Crippen LogP contribution < -0.4 is 0 Å². The summed E-state index contributed by atoms with van der Waals surface area (Å²) in [7, 11) is 0. The third kappa shape index (κ3) is 4.44. The third-order valence-electron chi connectivity index (χ3n) is 5.71. The fourth-order valence-electron chi connectivity index (χ4n) is 3.89. The van der Waals surface area contributed by atoms with Crippen LogP contribution in [0.25, 0.3) is 0 Å². The lowest BCUT2D eigenvalue weighted by Crippen LogP contribution is -2.63. The van der Waals surface area contributed by atoms with Gasteiger partial charge >= 0.3 is 17.8 Å². The minimum atomic E-state index is -6.12. The van der Waals surface area contributed by atoms with Crippen molar-refractivity contribution in [3.05, 3.63) is 12.2 Å². The molecular weight excluding hydrogens is 380 g/mol. The lowest BCUT2D eigenvalue weighted by atomic mass is 9.87. The van der Waals surface area contributed by atoms with E-state index in [-0.39, 0.29) is 12.8 Å². The van der Waals surface area contributed by atoms with Crippen LogP contribution in [0.1, 0.15) is 64.2 Å². The molecule has 0 spiro atoms. The first-order chi connectivity index (χ1) is 12.5. The number of rotatable bonds is 0. The van der Waals surface area contributed by atoms with Crippen LogP contribution in [0.15, 0.2) is 12.2 Å². The summed E-state index contributed by atoms with van der Waals surface area (Å²) in [4.78, 5) is 0. The van der Waals surface area contributed by atoms with Crippen molar-refractivity contribution in [3.8, 4) is 0 Å². The van der Waals surface area contributed by atoms with Crippen LogP contribution in [0.4, 0.5) is 35.1 Å². The average Bonchev–Trinajstić information content (AvgIpc) is 2.61. The van der Waals surface area contributed by atoms with Crippen LogP contribution in [0.5, 0.6) is 0 Å². The molecule has 0 aromatic heterocycles. The number of alkyl halides is 8. The maximum absolute atomic E-state index is 14.4. The molecule has 0 aliphatic heterocycles. The first-order valence-electron chi connectivity index (χ1n) is 9.63. The van der Waals surface area contributed by atoms with Crippen LogP contribution >= 0.6 is 0 Å². The molecule has 0 amide bonds. The minimum Gasteiger partial charge on any atom is -0.240 e. The average molecular weight is 406 g/mol. The standard InChI is InChI=1S/C19H26F8/c20-15-13-9-7-5-3-1-2-4-6-8-10-14(12-11-13)16(21)18(24,25)19(26,27)17(15,22)23/h11-16H,1-10H2. The molecule has 0 N–H and O–H groups in total. The van der Waals surface area contributed by atoms with Crippen molar-refractivity contribution < 1.29 is 35.1 Å². The molecule has 2 rings (SSSR count). The van der Waals surface area contributed by atoms with Crippen LogP contribution in [0.2, 0.25) is 0 Å². The van der Waals surface area contributed by atoms with Crippen molar-refractivity contribution in [2.45, 2.75) is 94.3 Å². The summed E-state index contributed by atoms with van der Waals surface area (Å²) in [5.41, 5.74) is 0. The van der Waals surface area contributed by atoms with Gasteiger partial charge in [0.05, 0.1) is 0 Å². The Morgan fingerprint density at radius 2 is 0.815 bits per heavy atom. The minimum absolute atomic E-state index is 0.168. The molecule has 0 aromatic carbocycles. The Hall–Kier alpha value is -0.820. The Morgan fingerprint density at radius 3 is 1.15 bits per heavy atom. The van der Waals surface area contributed by atoms with Crippen molar-refractivity contribution >= 4 is 0 Å². The van der Waals surface area contributed by atoms with E-state index < -0.39 is 41.9 Å². The van der Waals surface area contributed by atoms with Gasteiger partial charge in [-0.25, -0.2) is 8.78 Å². The van der Waals surface area contributed by atoms with E-state index in [9.17, 15) is 35.1 Å². The molecule has 2 aliphatic carbocycles. The van der Waals surface area contributed by atoms with Crippen molar-refractivity contribution in [3.63, 3.8) is 0 Å². The van der Waals surface area contributed by atoms with E-state index in [1.807, 2.05) is 0 Å². The summed E-state index contributed by atoms with van der Waals surface area (Å²) in [5.74, 6) is -20.8. The highest BCUT2D eigenvalue weighted by molar-refractivity contribution is 5.13. The predicted molar refractivity (Wildman–Crippen MR) is 86.9 cm³/mol. The molecule has 0 nitrogen and oxygen atoms in total. The highest BCUT2D eigenvalue weighted by Crippen LogP contribution is 2.54. The Balaban J connectivity index is 2.43. The summed E-state index contributed by atoms with van der Waals surface area (Å²) >= 11 is 0. The predicted octanol–water partition coefficient (Wildman–Crippen LogP) is 7.29. The summed E-state index contributed by atoms with van der Waals surface area (Å²) in [6.07, 6.45) is -0.220. The van der Waals surface area contributed by atoms with Gasteiger partial charge in [-0.3, -0.25) is 0 Å². The number of hydrogen-bond donors (Lipinski definition) is 0. The van der Waals surface area contributed by atoms with E-state index in [2.05, 4.69) is 0 Å². The quantitative estimate of drug-likeness (QED) is 0.293. The van der Waals surface area contributed by atoms with Gasteiger partial charge in [0, 0.05) is 11.8 Å². The first-order valence-corrected chi connectivity index (χ1v) is 9.63. The number of hydrogen-bond acceptors (Lipinski definition) is 0. The van der Waals surface area contributed by atoms with Gasteiger partial charge in [-0.05, 0) is 12.8 Å². The molecule has 0 saturated carbocycles. The van der Waals surface area contributed by atoms with E-state index in [4.69, 9.17) is 0 Å². The second kappa shape index (κ2) is 8.68. The summed E-state index contributed by atoms with van der Waals surface area (Å²) in [6, 6.07) is 0. The van der Waals surface area contributed by atoms with E-state index >= 15 is 0 Å². The Kier molecular flexibility index (Phi) is 7.22. The number of halogens is 8. The zero-order chi connectivity index (χ0) is 20.3. The molecule has 0 radical (unpaired) electrons. The maximum atomic E-state index is 14.4. The molecule has 0 aromatic rings. The summed E-state index contributed by atoms with van der Waals surface area (Å²) in [6.45, 7) is 0. The van der Waals surface area contributed by atoms with Gasteiger partial charge in [0.15, 0.2) is 12.3 Å². The normalized spacial score (nSPS) is 37.6. The SMILES string of the molecule is FC1C2C=CC(CCCCCCCCCC2)C(F)C(F)(F)C(F)(F)C1(F)F. The van der Waals surface area contributed by atoms with E-state index in [0.717, 1.165) is 37.8 Å². The molecule has 0 heterocycles. The number of fused-ring (bicyclic) bond motifs is 2. The highest BCUT2D eigenvalue weighted by Gasteiger charge is 2.78. The Morgan fingerprint density at radius 1 is 0.519 bits per heavy atom. The number of allylic oxidation sites excluding steroid dienone is 2. The molecule has 8 heteroatoms. The molecule has 27 heavy (non-hydrogen) atoms. The van der Waals surface area contributed by atoms with Crippen molar-refractivity contribution in [2.75, 3.05) is 0 Å². The van der Waals surface area contributed by atoms with E-state index in [1.165, 1.54) is 0 Å². The van der Waals surface area contributed by atoms with Crippen molar-refractivity contribution in [1.82, 2.24) is 0 Å². The Labute approximate surface area is 154 Å². The lowest BCUT2D eigenvalue weighted by molar-refractivity contribution is -0.343. The van der Waals surface area contributed by atoms with Crippen molar-refractivity contribution in [1.29, 1.82) is 0 Å². The summed E-state index contributed by atoms with van der Waals surface area (Å²) in [5, 5.41) is 0. The molecule has 0 saturated heterocycles. The van der Waals surface area contributed by atoms with Gasteiger partial charge in [0.1, 0.15) is 0 Å². The Bertz CT molecular complexity index is 460. The van der Waals surface area contributed by atoms with Gasteiger partial charge < -0.3 is 0 Å². The van der Waals surface area contributed by atoms with Gasteiger partial charge in [0.2, 0.25) is 0 Å². The highest BCUT2D eigenvalue weighted by atomic mass is 19.4. The fourth-order valence-corrected chi connectivity index (χ4v) is 3.89. The topological polar surface area (TPSA) is 0 Å². The third-order valence-corrected chi connectivity index (χ3v) is 5.71. The van der Waals surface area contributed by atoms with Crippen LogP contribution in [0.3, 0.4) is 0 Å². The fraction of sp³-hybridized carbons (Fsp3) is 0.895. The molecular formula is C19H26F8. The summed E-state index contributed by atoms with van der Waals surface area (Å²) < 4.78 is 113. The van der Waals surface area contributed by atoms with Gasteiger partial charge in [-0.2, -0.15) is 26.3 Å². The molecule has 2 aliphatic rings. The molecule has 4 unspecified atom stereocenters. The monoisotopic (exact) mass is 406 g/mol. The second-order valence-electron chi connectivity index (χ2n) is 7.74. The van der Waals surface area contributed by atoms with Crippen LogP contribution in [-0.4, -0.2) is 30.1 Å². The molecule has 4 atom stereocenters. The van der Waals surface area contributed by atoms with Crippen molar-refractivity contribution in [2.24, 2.45) is 11.8 Å². The molecule has 0 fully saturated rings. The molecule has 2 bridgehead atoms. The smallest absolute Gasteiger partial charge is 0.240 e. The van der Waals surface area contributed by atoms with Crippen LogP contribution in [0, 0.1) is 11.8 Å². The van der Waals surface area contributed by atoms with Gasteiger partial charge in [-0.1, -0.05) is 63.5 Å². The zero-order valence-electron chi connectivity index (χ0n) is 15.1. The largest absolute Gasteiger partial charge is 0.377 e. The molecule has 158 valence electrons. The van der Waals surface area contributed by atoms with E-state index in [1.54, 1.807) is 0 Å². The lowest BCUT2D eigenvalue weighted by Gasteiger charge is -2.37. The van der Waals surface area contributed by atoms with Crippen LogP contribution in [-0.2, 0) is 0 Å². The zero-order valence-corrected chi connectivity index (χ0v) is 15.1. The van der Waals surface area contributed by atoms with E-state index in [0.29, 0.717) is 25.7 Å². The maximum Gasteiger partial charge on any atom is 0.377 e. The first kappa shape index (κ1) is 22.5.